The lowest BCUT2D eigenvalue weighted by Crippen LogP contribution is -2.10. The zero-order valence-corrected chi connectivity index (χ0v) is 17.8. The quantitative estimate of drug-likeness (QED) is 0.474. The molecule has 3 aromatic rings. The molecule has 6 heteroatoms. The van der Waals surface area contributed by atoms with Crippen LogP contribution in [0.15, 0.2) is 52.1 Å². The Balaban J connectivity index is 1.69. The van der Waals surface area contributed by atoms with E-state index in [0.717, 1.165) is 27.0 Å². The molecule has 4 nitrogen and oxygen atoms in total. The van der Waals surface area contributed by atoms with Gasteiger partial charge in [0.1, 0.15) is 5.75 Å². The minimum Gasteiger partial charge on any atom is -0.483 e. The van der Waals surface area contributed by atoms with Crippen LogP contribution in [-0.2, 0) is 12.8 Å². The molecule has 0 spiro atoms. The van der Waals surface area contributed by atoms with Gasteiger partial charge in [-0.1, -0.05) is 45.9 Å². The Morgan fingerprint density at radius 3 is 2.54 bits per heavy atom. The van der Waals surface area contributed by atoms with E-state index in [4.69, 9.17) is 4.74 Å². The van der Waals surface area contributed by atoms with E-state index in [1.165, 1.54) is 16.7 Å². The van der Waals surface area contributed by atoms with Crippen LogP contribution in [0.4, 0.5) is 0 Å². The number of thioether (sulfide) groups is 1. The Morgan fingerprint density at radius 2 is 1.85 bits per heavy atom. The maximum Gasteiger partial charge on any atom is 0.191 e. The maximum atomic E-state index is 6.10. The third-order valence-corrected chi connectivity index (χ3v) is 5.58. The molecule has 0 radical (unpaired) electrons. The summed E-state index contributed by atoms with van der Waals surface area (Å²) in [6.45, 7) is 6.15. The van der Waals surface area contributed by atoms with Gasteiger partial charge in [0.15, 0.2) is 17.1 Å². The lowest BCUT2D eigenvalue weighted by atomic mass is 10.1. The summed E-state index contributed by atoms with van der Waals surface area (Å²) >= 11 is 5.18. The van der Waals surface area contributed by atoms with Crippen molar-refractivity contribution in [2.45, 2.75) is 37.8 Å². The van der Waals surface area contributed by atoms with E-state index in [1.807, 2.05) is 42.8 Å². The Labute approximate surface area is 167 Å². The van der Waals surface area contributed by atoms with Crippen LogP contribution in [0.2, 0.25) is 0 Å². The average molecular weight is 432 g/mol. The van der Waals surface area contributed by atoms with Crippen LogP contribution in [0.5, 0.6) is 5.75 Å². The van der Waals surface area contributed by atoms with Gasteiger partial charge in [0.25, 0.3) is 0 Å². The van der Waals surface area contributed by atoms with Crippen molar-refractivity contribution in [2.24, 2.45) is 7.05 Å². The van der Waals surface area contributed by atoms with Crippen molar-refractivity contribution in [2.75, 3.05) is 0 Å². The van der Waals surface area contributed by atoms with E-state index in [-0.39, 0.29) is 6.10 Å². The summed E-state index contributed by atoms with van der Waals surface area (Å²) in [5.74, 6) is 2.53. The summed E-state index contributed by atoms with van der Waals surface area (Å²) in [5, 5.41) is 9.56. The lowest BCUT2D eigenvalue weighted by molar-refractivity contribution is 0.211. The molecule has 1 unspecified atom stereocenters. The zero-order valence-electron chi connectivity index (χ0n) is 15.4. The second-order valence-electron chi connectivity index (χ2n) is 6.40. The molecule has 136 valence electrons. The van der Waals surface area contributed by atoms with Crippen LogP contribution in [0, 0.1) is 13.8 Å². The molecule has 3 rings (SSSR count). The van der Waals surface area contributed by atoms with Crippen LogP contribution in [-0.4, -0.2) is 14.8 Å². The monoisotopic (exact) mass is 431 g/mol. The van der Waals surface area contributed by atoms with Gasteiger partial charge in [0.2, 0.25) is 0 Å². The molecular weight excluding hydrogens is 410 g/mol. The number of rotatable bonds is 6. The van der Waals surface area contributed by atoms with Crippen LogP contribution in [0.25, 0.3) is 0 Å². The topological polar surface area (TPSA) is 39.9 Å². The fraction of sp³-hybridized carbons (Fsp3) is 0.300. The van der Waals surface area contributed by atoms with E-state index in [9.17, 15) is 0 Å². The summed E-state index contributed by atoms with van der Waals surface area (Å²) in [5.41, 5.74) is 3.62. The number of halogens is 1. The summed E-state index contributed by atoms with van der Waals surface area (Å²) in [6.07, 6.45) is -0.172. The first kappa shape index (κ1) is 19.0. The molecule has 2 aromatic carbocycles. The molecule has 0 bridgehead atoms. The smallest absolute Gasteiger partial charge is 0.191 e. The van der Waals surface area contributed by atoms with Gasteiger partial charge in [-0.3, -0.25) is 0 Å². The molecule has 0 saturated carbocycles. The lowest BCUT2D eigenvalue weighted by Gasteiger charge is -2.15. The number of nitrogens with zero attached hydrogens (tertiary/aromatic N) is 3. The summed E-state index contributed by atoms with van der Waals surface area (Å²) in [7, 11) is 1.99. The molecular formula is C20H22BrN3OS. The Kier molecular flexibility index (Phi) is 6.04. The molecule has 1 heterocycles. The number of aromatic nitrogens is 3. The highest BCUT2D eigenvalue weighted by Crippen LogP contribution is 2.27. The van der Waals surface area contributed by atoms with E-state index in [1.54, 1.807) is 11.8 Å². The number of hydrogen-bond donors (Lipinski definition) is 0. The van der Waals surface area contributed by atoms with Gasteiger partial charge in [-0.2, -0.15) is 0 Å². The molecule has 0 aliphatic rings. The molecule has 0 saturated heterocycles. The predicted octanol–water partition coefficient (Wildman–Crippen LogP) is 5.63. The zero-order chi connectivity index (χ0) is 18.7. The van der Waals surface area contributed by atoms with Gasteiger partial charge in [-0.15, -0.1) is 10.2 Å². The summed E-state index contributed by atoms with van der Waals surface area (Å²) in [6, 6.07) is 14.5. The van der Waals surface area contributed by atoms with E-state index >= 15 is 0 Å². The average Bonchev–Trinajstić information content (AvgIpc) is 2.93. The maximum absolute atomic E-state index is 6.10. The van der Waals surface area contributed by atoms with Gasteiger partial charge in [0, 0.05) is 17.3 Å². The van der Waals surface area contributed by atoms with Gasteiger partial charge in [-0.05, 0) is 61.7 Å². The minimum absolute atomic E-state index is 0.172. The molecule has 0 aliphatic heterocycles. The first-order chi connectivity index (χ1) is 12.4. The number of hydrogen-bond acceptors (Lipinski definition) is 4. The van der Waals surface area contributed by atoms with E-state index < -0.39 is 0 Å². The van der Waals surface area contributed by atoms with Crippen molar-refractivity contribution in [1.29, 1.82) is 0 Å². The standard InChI is InChI=1S/C20H22BrN3OS/c1-13-8-14(2)10-18(9-13)25-15(3)19-22-23-20(24(19)4)26-12-16-6-5-7-17(21)11-16/h5-11,15H,12H2,1-4H3. The Bertz CT molecular complexity index is 890. The Morgan fingerprint density at radius 1 is 1.12 bits per heavy atom. The SMILES string of the molecule is Cc1cc(C)cc(OC(C)c2nnc(SCc3cccc(Br)c3)n2C)c1. The third-order valence-electron chi connectivity index (χ3n) is 4.00. The van der Waals surface area contributed by atoms with Crippen molar-refractivity contribution in [1.82, 2.24) is 14.8 Å². The van der Waals surface area contributed by atoms with Crippen LogP contribution < -0.4 is 4.74 Å². The van der Waals surface area contributed by atoms with Crippen LogP contribution in [0.1, 0.15) is 35.5 Å². The molecule has 26 heavy (non-hydrogen) atoms. The van der Waals surface area contributed by atoms with Crippen LogP contribution >= 0.6 is 27.7 Å². The molecule has 1 aromatic heterocycles. The van der Waals surface area contributed by atoms with Crippen molar-refractivity contribution >= 4 is 27.7 Å². The normalized spacial score (nSPS) is 12.2. The molecule has 0 fully saturated rings. The largest absolute Gasteiger partial charge is 0.483 e. The molecule has 0 amide bonds. The highest BCUT2D eigenvalue weighted by Gasteiger charge is 2.17. The number of benzene rings is 2. The summed E-state index contributed by atoms with van der Waals surface area (Å²) < 4.78 is 9.19. The van der Waals surface area contributed by atoms with Crippen LogP contribution in [0.3, 0.4) is 0 Å². The van der Waals surface area contributed by atoms with E-state index in [2.05, 4.69) is 58.2 Å². The Hall–Kier alpha value is -1.79. The van der Waals surface area contributed by atoms with Crippen molar-refractivity contribution < 1.29 is 4.74 Å². The van der Waals surface area contributed by atoms with E-state index in [0.29, 0.717) is 0 Å². The number of ether oxygens (including phenoxy) is 1. The van der Waals surface area contributed by atoms with Gasteiger partial charge < -0.3 is 9.30 Å². The van der Waals surface area contributed by atoms with Gasteiger partial charge >= 0.3 is 0 Å². The fourth-order valence-electron chi connectivity index (χ4n) is 2.84. The summed E-state index contributed by atoms with van der Waals surface area (Å²) in [4.78, 5) is 0. The molecule has 1 atom stereocenters. The predicted molar refractivity (Wildman–Crippen MR) is 110 cm³/mol. The number of aryl methyl sites for hydroxylation is 2. The van der Waals surface area contributed by atoms with Gasteiger partial charge in [0.05, 0.1) is 0 Å². The molecule has 0 aliphatic carbocycles. The van der Waals surface area contributed by atoms with Crippen molar-refractivity contribution in [3.05, 3.63) is 69.5 Å². The second-order valence-corrected chi connectivity index (χ2v) is 8.26. The van der Waals surface area contributed by atoms with Crippen molar-refractivity contribution in [3.8, 4) is 5.75 Å². The second kappa shape index (κ2) is 8.27. The highest BCUT2D eigenvalue weighted by molar-refractivity contribution is 9.10. The first-order valence-electron chi connectivity index (χ1n) is 8.44. The third kappa shape index (κ3) is 4.68. The van der Waals surface area contributed by atoms with Gasteiger partial charge in [-0.25, -0.2) is 0 Å². The molecule has 0 N–H and O–H groups in total. The van der Waals surface area contributed by atoms with Crippen molar-refractivity contribution in [3.63, 3.8) is 0 Å². The minimum atomic E-state index is -0.172. The first-order valence-corrected chi connectivity index (χ1v) is 10.2. The highest BCUT2D eigenvalue weighted by atomic mass is 79.9. The fourth-order valence-corrected chi connectivity index (χ4v) is 4.15.